The Hall–Kier alpha value is -1.73. The molecular formula is C12H11ClN2O2. The van der Waals surface area contributed by atoms with Crippen molar-refractivity contribution in [2.75, 3.05) is 18.0 Å². The SMILES string of the molecule is N#Cc1ccc(N2CC[C@@H](OC=O)C2)cc1Cl. The second-order valence-electron chi connectivity index (χ2n) is 3.86. The van der Waals surface area contributed by atoms with Crippen LogP contribution in [0.3, 0.4) is 0 Å². The first kappa shape index (κ1) is 11.7. The van der Waals surface area contributed by atoms with Crippen LogP contribution in [0.1, 0.15) is 12.0 Å². The van der Waals surface area contributed by atoms with Gasteiger partial charge in [0.25, 0.3) is 6.47 Å². The molecule has 1 atom stereocenters. The largest absolute Gasteiger partial charge is 0.463 e. The highest BCUT2D eigenvalue weighted by atomic mass is 35.5. The fourth-order valence-electron chi connectivity index (χ4n) is 1.94. The van der Waals surface area contributed by atoms with E-state index in [1.165, 1.54) is 0 Å². The number of nitriles is 1. The number of carbonyl (C=O) groups excluding carboxylic acids is 1. The predicted octanol–water partition coefficient (Wildman–Crippen LogP) is 1.96. The van der Waals surface area contributed by atoms with Gasteiger partial charge in [0, 0.05) is 18.7 Å². The van der Waals surface area contributed by atoms with Crippen LogP contribution in [0.25, 0.3) is 0 Å². The van der Waals surface area contributed by atoms with Gasteiger partial charge in [0.2, 0.25) is 0 Å². The van der Waals surface area contributed by atoms with E-state index in [0.29, 0.717) is 23.6 Å². The molecule has 1 heterocycles. The highest BCUT2D eigenvalue weighted by Gasteiger charge is 2.23. The standard InChI is InChI=1S/C12H11ClN2O2/c13-12-5-10(2-1-9(12)6-14)15-4-3-11(7-15)17-8-16/h1-2,5,8,11H,3-4,7H2/t11-/m1/s1. The van der Waals surface area contributed by atoms with Crippen LogP contribution in [0.2, 0.25) is 5.02 Å². The minimum atomic E-state index is -0.0538. The van der Waals surface area contributed by atoms with E-state index in [0.717, 1.165) is 18.7 Å². The molecule has 0 N–H and O–H groups in total. The van der Waals surface area contributed by atoms with Crippen molar-refractivity contribution in [2.24, 2.45) is 0 Å². The van der Waals surface area contributed by atoms with Crippen molar-refractivity contribution in [3.8, 4) is 6.07 Å². The summed E-state index contributed by atoms with van der Waals surface area (Å²) in [7, 11) is 0. The molecule has 1 aliphatic rings. The summed E-state index contributed by atoms with van der Waals surface area (Å²) in [5.41, 5.74) is 1.42. The summed E-state index contributed by atoms with van der Waals surface area (Å²) in [6, 6.07) is 7.34. The molecule has 5 heteroatoms. The smallest absolute Gasteiger partial charge is 0.293 e. The number of halogens is 1. The van der Waals surface area contributed by atoms with Crippen molar-refractivity contribution < 1.29 is 9.53 Å². The summed E-state index contributed by atoms with van der Waals surface area (Å²) >= 11 is 5.97. The molecule has 1 fully saturated rings. The lowest BCUT2D eigenvalue weighted by Gasteiger charge is -2.18. The average molecular weight is 251 g/mol. The lowest BCUT2D eigenvalue weighted by molar-refractivity contribution is -0.132. The van der Waals surface area contributed by atoms with Crippen LogP contribution in [-0.4, -0.2) is 25.7 Å². The number of nitrogens with zero attached hydrogens (tertiary/aromatic N) is 2. The average Bonchev–Trinajstić information content (AvgIpc) is 2.78. The minimum Gasteiger partial charge on any atom is -0.463 e. The van der Waals surface area contributed by atoms with Gasteiger partial charge < -0.3 is 9.64 Å². The van der Waals surface area contributed by atoms with Crippen molar-refractivity contribution >= 4 is 23.8 Å². The van der Waals surface area contributed by atoms with Crippen LogP contribution >= 0.6 is 11.6 Å². The zero-order chi connectivity index (χ0) is 12.3. The predicted molar refractivity (Wildman–Crippen MR) is 63.9 cm³/mol. The summed E-state index contributed by atoms with van der Waals surface area (Å²) in [6.07, 6.45) is 0.762. The number of anilines is 1. The Morgan fingerprint density at radius 2 is 2.41 bits per heavy atom. The third-order valence-corrected chi connectivity index (χ3v) is 3.14. The van der Waals surface area contributed by atoms with Gasteiger partial charge in [-0.15, -0.1) is 0 Å². The number of ether oxygens (including phenoxy) is 1. The van der Waals surface area contributed by atoms with Crippen molar-refractivity contribution in [3.05, 3.63) is 28.8 Å². The summed E-state index contributed by atoms with van der Waals surface area (Å²) in [5.74, 6) is 0. The first-order valence-corrected chi connectivity index (χ1v) is 5.66. The second kappa shape index (κ2) is 5.07. The Bertz CT molecular complexity index is 470. The molecule has 4 nitrogen and oxygen atoms in total. The van der Waals surface area contributed by atoms with Crippen molar-refractivity contribution in [3.63, 3.8) is 0 Å². The van der Waals surface area contributed by atoms with Crippen molar-refractivity contribution in [1.29, 1.82) is 5.26 Å². The number of rotatable bonds is 3. The van der Waals surface area contributed by atoms with Crippen molar-refractivity contribution in [2.45, 2.75) is 12.5 Å². The molecule has 0 saturated carbocycles. The Morgan fingerprint density at radius 1 is 1.59 bits per heavy atom. The van der Waals surface area contributed by atoms with E-state index >= 15 is 0 Å². The molecule has 17 heavy (non-hydrogen) atoms. The molecule has 1 aliphatic heterocycles. The first-order chi connectivity index (χ1) is 8.24. The maximum absolute atomic E-state index is 10.2. The molecule has 1 aromatic rings. The van der Waals surface area contributed by atoms with Gasteiger partial charge in [0.05, 0.1) is 17.1 Å². The van der Waals surface area contributed by atoms with E-state index in [4.69, 9.17) is 21.6 Å². The van der Waals surface area contributed by atoms with Crippen LogP contribution in [-0.2, 0) is 9.53 Å². The molecule has 0 amide bonds. The monoisotopic (exact) mass is 250 g/mol. The zero-order valence-electron chi connectivity index (χ0n) is 9.10. The van der Waals surface area contributed by atoms with Crippen LogP contribution in [0, 0.1) is 11.3 Å². The lowest BCUT2D eigenvalue weighted by atomic mass is 10.2. The second-order valence-corrected chi connectivity index (χ2v) is 4.27. The maximum atomic E-state index is 10.2. The third-order valence-electron chi connectivity index (χ3n) is 2.83. The molecule has 0 spiro atoms. The molecule has 0 unspecified atom stereocenters. The van der Waals surface area contributed by atoms with Gasteiger partial charge in [0.1, 0.15) is 12.2 Å². The van der Waals surface area contributed by atoms with E-state index in [1.54, 1.807) is 12.1 Å². The molecule has 0 aliphatic carbocycles. The lowest BCUT2D eigenvalue weighted by Crippen LogP contribution is -2.22. The Morgan fingerprint density at radius 3 is 3.06 bits per heavy atom. The van der Waals surface area contributed by atoms with E-state index in [-0.39, 0.29) is 6.10 Å². The van der Waals surface area contributed by atoms with Crippen LogP contribution in [0.4, 0.5) is 5.69 Å². The molecule has 1 saturated heterocycles. The Balaban J connectivity index is 2.12. The number of hydrogen-bond acceptors (Lipinski definition) is 4. The maximum Gasteiger partial charge on any atom is 0.293 e. The number of hydrogen-bond donors (Lipinski definition) is 0. The van der Waals surface area contributed by atoms with E-state index in [1.807, 2.05) is 12.1 Å². The van der Waals surface area contributed by atoms with Gasteiger partial charge in [-0.3, -0.25) is 4.79 Å². The molecule has 1 aromatic carbocycles. The van der Waals surface area contributed by atoms with E-state index in [9.17, 15) is 4.79 Å². The summed E-state index contributed by atoms with van der Waals surface area (Å²) in [6.45, 7) is 1.97. The van der Waals surface area contributed by atoms with E-state index in [2.05, 4.69) is 4.90 Å². The highest BCUT2D eigenvalue weighted by molar-refractivity contribution is 6.32. The third kappa shape index (κ3) is 2.51. The van der Waals surface area contributed by atoms with Crippen LogP contribution in [0.15, 0.2) is 18.2 Å². The van der Waals surface area contributed by atoms with Gasteiger partial charge in [-0.25, -0.2) is 0 Å². The highest BCUT2D eigenvalue weighted by Crippen LogP contribution is 2.26. The fourth-order valence-corrected chi connectivity index (χ4v) is 2.16. The van der Waals surface area contributed by atoms with Gasteiger partial charge in [-0.1, -0.05) is 11.6 Å². The van der Waals surface area contributed by atoms with E-state index < -0.39 is 0 Å². The summed E-state index contributed by atoms with van der Waals surface area (Å²) in [5, 5.41) is 9.23. The van der Waals surface area contributed by atoms with Crippen molar-refractivity contribution in [1.82, 2.24) is 0 Å². The van der Waals surface area contributed by atoms with Crippen LogP contribution in [0.5, 0.6) is 0 Å². The van der Waals surface area contributed by atoms with Gasteiger partial charge in [0.15, 0.2) is 0 Å². The first-order valence-electron chi connectivity index (χ1n) is 5.28. The topological polar surface area (TPSA) is 53.3 Å². The molecule has 0 bridgehead atoms. The summed E-state index contributed by atoms with van der Waals surface area (Å²) in [4.78, 5) is 12.3. The molecule has 0 radical (unpaired) electrons. The number of carbonyl (C=O) groups is 1. The van der Waals surface area contributed by atoms with Gasteiger partial charge in [-0.05, 0) is 18.2 Å². The molecule has 2 rings (SSSR count). The normalized spacial score (nSPS) is 18.8. The fraction of sp³-hybridized carbons (Fsp3) is 0.333. The molecule has 0 aromatic heterocycles. The number of benzene rings is 1. The Kier molecular flexibility index (Phi) is 3.50. The molecular weight excluding hydrogens is 240 g/mol. The zero-order valence-corrected chi connectivity index (χ0v) is 9.85. The molecule has 88 valence electrons. The van der Waals surface area contributed by atoms with Gasteiger partial charge in [-0.2, -0.15) is 5.26 Å². The Labute approximate surface area is 104 Å². The van der Waals surface area contributed by atoms with Crippen LogP contribution < -0.4 is 4.90 Å². The minimum absolute atomic E-state index is 0.0538. The van der Waals surface area contributed by atoms with Gasteiger partial charge >= 0.3 is 0 Å². The summed E-state index contributed by atoms with van der Waals surface area (Å²) < 4.78 is 4.92. The quantitative estimate of drug-likeness (QED) is 0.770.